The van der Waals surface area contributed by atoms with Gasteiger partial charge in [-0.15, -0.1) is 13.2 Å². The molecule has 3 rings (SSSR count). The standard InChI is InChI=1S/C15H16ClF3N2O4S/c16-11-9-10(1-2-12(11)25-15(17,18)19)26(23,24)21-7-4-14(5-8-21)3-6-20-13(14)22/h1-2,9H,3-8H2,(H,20,22). The van der Waals surface area contributed by atoms with E-state index in [1.165, 1.54) is 4.31 Å². The number of ether oxygens (including phenoxy) is 1. The predicted molar refractivity (Wildman–Crippen MR) is 86.2 cm³/mol. The molecule has 1 aromatic carbocycles. The van der Waals surface area contributed by atoms with Crippen LogP contribution < -0.4 is 10.1 Å². The van der Waals surface area contributed by atoms with E-state index in [2.05, 4.69) is 10.1 Å². The number of piperidine rings is 1. The summed E-state index contributed by atoms with van der Waals surface area (Å²) >= 11 is 5.74. The van der Waals surface area contributed by atoms with E-state index in [4.69, 9.17) is 11.6 Å². The molecule has 0 unspecified atom stereocenters. The van der Waals surface area contributed by atoms with Crippen LogP contribution in [-0.4, -0.2) is 44.6 Å². The van der Waals surface area contributed by atoms with Crippen LogP contribution in [-0.2, 0) is 14.8 Å². The summed E-state index contributed by atoms with van der Waals surface area (Å²) in [5, 5.41) is 2.32. The van der Waals surface area contributed by atoms with Crippen molar-refractivity contribution in [1.29, 1.82) is 0 Å². The molecule has 1 N–H and O–H groups in total. The number of nitrogens with one attached hydrogen (secondary N) is 1. The monoisotopic (exact) mass is 412 g/mol. The first kappa shape index (κ1) is 19.2. The Kier molecular flexibility index (Phi) is 4.87. The van der Waals surface area contributed by atoms with Crippen LogP contribution in [0.1, 0.15) is 19.3 Å². The summed E-state index contributed by atoms with van der Waals surface area (Å²) in [6, 6.07) is 2.83. The summed E-state index contributed by atoms with van der Waals surface area (Å²) < 4.78 is 67.3. The second-order valence-corrected chi connectivity index (χ2v) is 8.68. The highest BCUT2D eigenvalue weighted by molar-refractivity contribution is 7.89. The quantitative estimate of drug-likeness (QED) is 0.827. The molecular formula is C15H16ClF3N2O4S. The first-order chi connectivity index (χ1) is 12.0. The topological polar surface area (TPSA) is 75.7 Å². The van der Waals surface area contributed by atoms with Crippen molar-refractivity contribution in [3.8, 4) is 5.75 Å². The number of benzene rings is 1. The number of alkyl halides is 3. The van der Waals surface area contributed by atoms with E-state index in [0.29, 0.717) is 25.8 Å². The number of carbonyl (C=O) groups excluding carboxylic acids is 1. The Morgan fingerprint density at radius 3 is 2.35 bits per heavy atom. The minimum absolute atomic E-state index is 0.0498. The molecular weight excluding hydrogens is 397 g/mol. The van der Waals surface area contributed by atoms with Crippen LogP contribution in [0.3, 0.4) is 0 Å². The molecule has 2 fully saturated rings. The van der Waals surface area contributed by atoms with Gasteiger partial charge in [0.05, 0.1) is 15.3 Å². The zero-order chi connectivity index (χ0) is 19.2. The maximum Gasteiger partial charge on any atom is 0.573 e. The maximum atomic E-state index is 12.7. The normalized spacial score (nSPS) is 21.0. The van der Waals surface area contributed by atoms with Gasteiger partial charge in [-0.2, -0.15) is 4.31 Å². The molecule has 144 valence electrons. The lowest BCUT2D eigenvalue weighted by molar-refractivity contribution is -0.274. The third-order valence-corrected chi connectivity index (χ3v) is 7.01. The van der Waals surface area contributed by atoms with E-state index in [-0.39, 0.29) is 23.9 Å². The first-order valence-electron chi connectivity index (χ1n) is 7.87. The Labute approximate surface area is 153 Å². The van der Waals surface area contributed by atoms with Crippen molar-refractivity contribution in [3.63, 3.8) is 0 Å². The average Bonchev–Trinajstić information content (AvgIpc) is 2.89. The van der Waals surface area contributed by atoms with Gasteiger partial charge in [0.15, 0.2) is 0 Å². The SMILES string of the molecule is O=C1NCCC12CCN(S(=O)(=O)c1ccc(OC(F)(F)F)c(Cl)c1)CC2. The largest absolute Gasteiger partial charge is 0.573 e. The van der Waals surface area contributed by atoms with Gasteiger partial charge < -0.3 is 10.1 Å². The van der Waals surface area contributed by atoms with Gasteiger partial charge in [-0.1, -0.05) is 11.6 Å². The van der Waals surface area contributed by atoms with E-state index in [9.17, 15) is 26.4 Å². The molecule has 2 aliphatic rings. The van der Waals surface area contributed by atoms with Crippen molar-refractivity contribution in [2.24, 2.45) is 5.41 Å². The molecule has 2 saturated heterocycles. The molecule has 6 nitrogen and oxygen atoms in total. The van der Waals surface area contributed by atoms with Crippen LogP contribution in [0.5, 0.6) is 5.75 Å². The number of rotatable bonds is 3. The summed E-state index contributed by atoms with van der Waals surface area (Å²) in [5.74, 6) is -0.718. The zero-order valence-electron chi connectivity index (χ0n) is 13.5. The van der Waals surface area contributed by atoms with Crippen LogP contribution in [0.25, 0.3) is 0 Å². The van der Waals surface area contributed by atoms with Crippen LogP contribution in [0.2, 0.25) is 5.02 Å². The van der Waals surface area contributed by atoms with Gasteiger partial charge in [0.1, 0.15) is 5.75 Å². The van der Waals surface area contributed by atoms with E-state index < -0.39 is 32.6 Å². The van der Waals surface area contributed by atoms with Gasteiger partial charge in [0.2, 0.25) is 15.9 Å². The number of carbonyl (C=O) groups is 1. The summed E-state index contributed by atoms with van der Waals surface area (Å²) in [5.41, 5.74) is -0.520. The molecule has 1 spiro atoms. The number of halogens is 4. The Balaban J connectivity index is 1.77. The Morgan fingerprint density at radius 2 is 1.85 bits per heavy atom. The molecule has 2 heterocycles. The molecule has 0 saturated carbocycles. The van der Waals surface area contributed by atoms with Crippen molar-refractivity contribution in [3.05, 3.63) is 23.2 Å². The third-order valence-electron chi connectivity index (χ3n) is 4.82. The number of hydrogen-bond acceptors (Lipinski definition) is 4. The van der Waals surface area contributed by atoms with Crippen LogP contribution >= 0.6 is 11.6 Å². The van der Waals surface area contributed by atoms with Gasteiger partial charge in [0, 0.05) is 19.6 Å². The van der Waals surface area contributed by atoms with E-state index in [1.54, 1.807) is 0 Å². The lowest BCUT2D eigenvalue weighted by Crippen LogP contribution is -2.46. The Morgan fingerprint density at radius 1 is 1.19 bits per heavy atom. The molecule has 2 aliphatic heterocycles. The fourth-order valence-electron chi connectivity index (χ4n) is 3.35. The molecule has 0 aromatic heterocycles. The first-order valence-corrected chi connectivity index (χ1v) is 9.69. The van der Waals surface area contributed by atoms with Gasteiger partial charge in [0.25, 0.3) is 0 Å². The number of amides is 1. The van der Waals surface area contributed by atoms with Crippen molar-refractivity contribution >= 4 is 27.5 Å². The van der Waals surface area contributed by atoms with Crippen LogP contribution in [0.15, 0.2) is 23.1 Å². The highest BCUT2D eigenvalue weighted by Crippen LogP contribution is 2.40. The number of hydrogen-bond donors (Lipinski definition) is 1. The summed E-state index contributed by atoms with van der Waals surface area (Å²) in [7, 11) is -3.93. The second kappa shape index (κ2) is 6.58. The molecule has 0 atom stereocenters. The van der Waals surface area contributed by atoms with E-state index in [1.807, 2.05) is 0 Å². The van der Waals surface area contributed by atoms with Crippen molar-refractivity contribution in [1.82, 2.24) is 9.62 Å². The van der Waals surface area contributed by atoms with Gasteiger partial charge >= 0.3 is 6.36 Å². The lowest BCUT2D eigenvalue weighted by atomic mass is 9.78. The second-order valence-electron chi connectivity index (χ2n) is 6.33. The zero-order valence-corrected chi connectivity index (χ0v) is 15.0. The Hall–Kier alpha value is -1.52. The molecule has 0 radical (unpaired) electrons. The minimum atomic E-state index is -4.92. The lowest BCUT2D eigenvalue weighted by Gasteiger charge is -2.36. The number of sulfonamides is 1. The molecule has 1 aromatic rings. The smallest absolute Gasteiger partial charge is 0.404 e. The summed E-state index contributed by atoms with van der Waals surface area (Å²) in [6.07, 6.45) is -3.44. The average molecular weight is 413 g/mol. The fraction of sp³-hybridized carbons (Fsp3) is 0.533. The van der Waals surface area contributed by atoms with E-state index >= 15 is 0 Å². The minimum Gasteiger partial charge on any atom is -0.404 e. The molecule has 26 heavy (non-hydrogen) atoms. The maximum absolute atomic E-state index is 12.7. The van der Waals surface area contributed by atoms with Crippen molar-refractivity contribution in [2.75, 3.05) is 19.6 Å². The van der Waals surface area contributed by atoms with E-state index in [0.717, 1.165) is 18.2 Å². The van der Waals surface area contributed by atoms with Crippen molar-refractivity contribution < 1.29 is 31.1 Å². The van der Waals surface area contributed by atoms with Gasteiger partial charge in [-0.3, -0.25) is 4.79 Å². The van der Waals surface area contributed by atoms with Crippen molar-refractivity contribution in [2.45, 2.75) is 30.5 Å². The van der Waals surface area contributed by atoms with Gasteiger partial charge in [-0.05, 0) is 37.5 Å². The Bertz CT molecular complexity index is 821. The molecule has 0 bridgehead atoms. The predicted octanol–water partition coefficient (Wildman–Crippen LogP) is 2.53. The third kappa shape index (κ3) is 3.63. The van der Waals surface area contributed by atoms with Crippen LogP contribution in [0.4, 0.5) is 13.2 Å². The summed E-state index contributed by atoms with van der Waals surface area (Å²) in [4.78, 5) is 11.8. The highest BCUT2D eigenvalue weighted by Gasteiger charge is 2.46. The fourth-order valence-corrected chi connectivity index (χ4v) is 5.10. The van der Waals surface area contributed by atoms with Gasteiger partial charge in [-0.25, -0.2) is 8.42 Å². The molecule has 1 amide bonds. The number of nitrogens with zero attached hydrogens (tertiary/aromatic N) is 1. The molecule has 11 heteroatoms. The molecule has 0 aliphatic carbocycles. The van der Waals surface area contributed by atoms with Crippen LogP contribution in [0, 0.1) is 5.41 Å². The summed E-state index contributed by atoms with van der Waals surface area (Å²) in [6.45, 7) is 0.907. The highest BCUT2D eigenvalue weighted by atomic mass is 35.5.